The number of carbonyl (C=O) groups excluding carboxylic acids is 4. The first kappa shape index (κ1) is 36.1. The van der Waals surface area contributed by atoms with Gasteiger partial charge in [0.25, 0.3) is 5.91 Å². The first-order valence-electron chi connectivity index (χ1n) is 16.3. The minimum absolute atomic E-state index is 0.256. The number of hydrogen-bond acceptors (Lipinski definition) is 7. The highest BCUT2D eigenvalue weighted by molar-refractivity contribution is 8.12. The zero-order valence-corrected chi connectivity index (χ0v) is 29.1. The van der Waals surface area contributed by atoms with Gasteiger partial charge in [-0.3, -0.25) is 18.8 Å². The topological polar surface area (TPSA) is 102 Å². The largest absolute Gasteiger partial charge is 0.465 e. The van der Waals surface area contributed by atoms with E-state index in [-0.39, 0.29) is 10.8 Å². The van der Waals surface area contributed by atoms with E-state index in [1.54, 1.807) is 18.3 Å². The maximum Gasteiger partial charge on any atom is 0.337 e. The summed E-state index contributed by atoms with van der Waals surface area (Å²) in [6.07, 6.45) is 4.94. The van der Waals surface area contributed by atoms with E-state index in [1.807, 2.05) is 91.2 Å². The fourth-order valence-electron chi connectivity index (χ4n) is 5.59. The summed E-state index contributed by atoms with van der Waals surface area (Å²) in [7, 11) is 1.34. The number of urea groups is 1. The van der Waals surface area contributed by atoms with Gasteiger partial charge in [-0.2, -0.15) is 0 Å². The van der Waals surface area contributed by atoms with Gasteiger partial charge in [0.15, 0.2) is 0 Å². The third-order valence-electron chi connectivity index (χ3n) is 8.06. The van der Waals surface area contributed by atoms with Crippen LogP contribution in [-0.2, 0) is 35.3 Å². The summed E-state index contributed by atoms with van der Waals surface area (Å²) in [5.41, 5.74) is 3.54. The zero-order chi connectivity index (χ0) is 34.6. The van der Waals surface area contributed by atoms with Crippen LogP contribution in [0.2, 0.25) is 0 Å². The summed E-state index contributed by atoms with van der Waals surface area (Å²) in [6, 6.07) is 25.0. The number of hydrogen-bond donors (Lipinski definition) is 0. The lowest BCUT2D eigenvalue weighted by Crippen LogP contribution is -2.52. The molecule has 3 amide bonds. The second-order valence-electron chi connectivity index (χ2n) is 11.9. The van der Waals surface area contributed by atoms with Crippen LogP contribution in [0.5, 0.6) is 0 Å². The molecule has 10 heteroatoms. The Morgan fingerprint density at radius 1 is 0.833 bits per heavy atom. The molecule has 0 saturated carbocycles. The molecule has 2 unspecified atom stereocenters. The van der Waals surface area contributed by atoms with Gasteiger partial charge in [0.05, 0.1) is 18.9 Å². The number of amides is 3. The lowest BCUT2D eigenvalue weighted by molar-refractivity contribution is -0.109. The quantitative estimate of drug-likeness (QED) is 0.108. The number of carbonyl (C=O) groups is 4. The highest BCUT2D eigenvalue weighted by Gasteiger charge is 2.37. The van der Waals surface area contributed by atoms with Crippen molar-refractivity contribution in [3.8, 4) is 0 Å². The minimum Gasteiger partial charge on any atom is -0.465 e. The molecule has 0 saturated heterocycles. The minimum atomic E-state index is -0.558. The van der Waals surface area contributed by atoms with Gasteiger partial charge in [-0.05, 0) is 61.9 Å². The Bertz CT molecular complexity index is 1670. The standard InChI is InChI=1S/C38H44N4O5S/c1-6-7-18-35-39-25-34(40(35)26-32-19-21-33(22-20-32)37(45)47-5)36(44)41(27(2)23-30-14-10-8-11-15-30)38(46)42(48-29(4)43)28(3)24-31-16-12-9-13-17-31/h8-17,19-22,25,27-28H,6-7,18,23-24,26H2,1-5H3. The van der Waals surface area contributed by atoms with Crippen LogP contribution in [0, 0.1) is 0 Å². The molecular formula is C38H44N4O5S. The third-order valence-corrected chi connectivity index (χ3v) is 9.03. The number of imidazole rings is 1. The molecule has 0 radical (unpaired) electrons. The molecule has 0 aliphatic heterocycles. The second-order valence-corrected chi connectivity index (χ2v) is 13.0. The second kappa shape index (κ2) is 17.5. The average molecular weight is 669 g/mol. The SMILES string of the molecule is CCCCc1ncc(C(=O)N(C(=O)N(SC(C)=O)C(C)Cc2ccccc2)C(C)Cc2ccccc2)n1Cc1ccc(C(=O)OC)cc1. The van der Waals surface area contributed by atoms with Gasteiger partial charge in [-0.25, -0.2) is 14.6 Å². The monoisotopic (exact) mass is 668 g/mol. The third kappa shape index (κ3) is 9.44. The molecule has 4 aromatic rings. The molecule has 0 aliphatic carbocycles. The van der Waals surface area contributed by atoms with Gasteiger partial charge in [0, 0.05) is 43.9 Å². The van der Waals surface area contributed by atoms with Gasteiger partial charge in [-0.15, -0.1) is 0 Å². The van der Waals surface area contributed by atoms with E-state index in [0.29, 0.717) is 31.4 Å². The molecule has 0 fully saturated rings. The van der Waals surface area contributed by atoms with E-state index >= 15 is 0 Å². The average Bonchev–Trinajstić information content (AvgIpc) is 3.48. The number of rotatable bonds is 13. The highest BCUT2D eigenvalue weighted by atomic mass is 32.2. The van der Waals surface area contributed by atoms with Crippen molar-refractivity contribution in [2.45, 2.75) is 78.4 Å². The summed E-state index contributed by atoms with van der Waals surface area (Å²) in [5, 5.41) is -0.256. The van der Waals surface area contributed by atoms with Crippen LogP contribution in [0.15, 0.2) is 91.1 Å². The van der Waals surface area contributed by atoms with Gasteiger partial charge in [0.2, 0.25) is 5.12 Å². The predicted octanol–water partition coefficient (Wildman–Crippen LogP) is 7.38. The maximum atomic E-state index is 14.7. The summed E-state index contributed by atoms with van der Waals surface area (Å²) in [6.45, 7) is 7.56. The summed E-state index contributed by atoms with van der Waals surface area (Å²) < 4.78 is 8.13. The van der Waals surface area contributed by atoms with Gasteiger partial charge < -0.3 is 9.30 Å². The summed E-state index contributed by atoms with van der Waals surface area (Å²) in [5.74, 6) is -0.196. The Kier molecular flexibility index (Phi) is 13.1. The Morgan fingerprint density at radius 3 is 1.96 bits per heavy atom. The fraction of sp³-hybridized carbons (Fsp3) is 0.342. The summed E-state index contributed by atoms with van der Waals surface area (Å²) in [4.78, 5) is 59.8. The van der Waals surface area contributed by atoms with E-state index in [4.69, 9.17) is 4.74 Å². The molecule has 0 spiro atoms. The van der Waals surface area contributed by atoms with Crippen molar-refractivity contribution < 1.29 is 23.9 Å². The molecule has 2 atom stereocenters. The zero-order valence-electron chi connectivity index (χ0n) is 28.3. The molecule has 3 aromatic carbocycles. The summed E-state index contributed by atoms with van der Waals surface area (Å²) >= 11 is 0.819. The van der Waals surface area contributed by atoms with Crippen LogP contribution in [-0.4, -0.2) is 61.0 Å². The van der Waals surface area contributed by atoms with Gasteiger partial charge in [-0.1, -0.05) is 86.1 Å². The Balaban J connectivity index is 1.75. The number of benzene rings is 3. The predicted molar refractivity (Wildman–Crippen MR) is 189 cm³/mol. The van der Waals surface area contributed by atoms with Crippen LogP contribution in [0.4, 0.5) is 4.79 Å². The Morgan fingerprint density at radius 2 is 1.42 bits per heavy atom. The van der Waals surface area contributed by atoms with Gasteiger partial charge in [0.1, 0.15) is 11.5 Å². The molecule has 252 valence electrons. The maximum absolute atomic E-state index is 14.7. The van der Waals surface area contributed by atoms with Crippen LogP contribution >= 0.6 is 11.9 Å². The Hall–Kier alpha value is -4.70. The lowest BCUT2D eigenvalue weighted by Gasteiger charge is -2.35. The smallest absolute Gasteiger partial charge is 0.337 e. The van der Waals surface area contributed by atoms with Crippen molar-refractivity contribution in [2.24, 2.45) is 0 Å². The number of nitrogens with zero attached hydrogens (tertiary/aromatic N) is 4. The van der Waals surface area contributed by atoms with Crippen molar-refractivity contribution in [1.29, 1.82) is 0 Å². The number of unbranched alkanes of at least 4 members (excludes halogenated alkanes) is 1. The van der Waals surface area contributed by atoms with E-state index < -0.39 is 30.0 Å². The molecular weight excluding hydrogens is 625 g/mol. The first-order chi connectivity index (χ1) is 23.1. The fourth-order valence-corrected chi connectivity index (χ4v) is 6.29. The molecule has 4 rings (SSSR count). The number of ether oxygens (including phenoxy) is 1. The number of imide groups is 1. The first-order valence-corrected chi connectivity index (χ1v) is 17.0. The number of methoxy groups -OCH3 is 1. The van der Waals surface area contributed by atoms with E-state index in [9.17, 15) is 19.2 Å². The Labute approximate surface area is 287 Å². The molecule has 1 aromatic heterocycles. The van der Waals surface area contributed by atoms with Crippen LogP contribution in [0.3, 0.4) is 0 Å². The van der Waals surface area contributed by atoms with Gasteiger partial charge >= 0.3 is 12.0 Å². The number of aromatic nitrogens is 2. The highest BCUT2D eigenvalue weighted by Crippen LogP contribution is 2.26. The van der Waals surface area contributed by atoms with Crippen LogP contribution < -0.4 is 0 Å². The van der Waals surface area contributed by atoms with Crippen molar-refractivity contribution in [1.82, 2.24) is 18.8 Å². The van der Waals surface area contributed by atoms with Crippen LogP contribution in [0.1, 0.15) is 83.9 Å². The lowest BCUT2D eigenvalue weighted by atomic mass is 10.1. The van der Waals surface area contributed by atoms with Crippen molar-refractivity contribution >= 4 is 35.0 Å². The molecule has 0 aliphatic rings. The van der Waals surface area contributed by atoms with Crippen molar-refractivity contribution in [3.63, 3.8) is 0 Å². The van der Waals surface area contributed by atoms with E-state index in [0.717, 1.165) is 47.3 Å². The number of esters is 1. The normalized spacial score (nSPS) is 12.2. The molecule has 1 heterocycles. The van der Waals surface area contributed by atoms with Crippen molar-refractivity contribution in [3.05, 3.63) is 125 Å². The van der Waals surface area contributed by atoms with Crippen molar-refractivity contribution in [2.75, 3.05) is 7.11 Å². The van der Waals surface area contributed by atoms with E-state index in [1.165, 1.54) is 23.2 Å². The molecule has 48 heavy (non-hydrogen) atoms. The number of aryl methyl sites for hydroxylation is 1. The molecule has 0 bridgehead atoms. The molecule has 9 nitrogen and oxygen atoms in total. The van der Waals surface area contributed by atoms with E-state index in [2.05, 4.69) is 11.9 Å². The molecule has 0 N–H and O–H groups in total. The van der Waals surface area contributed by atoms with Crippen LogP contribution in [0.25, 0.3) is 0 Å².